The summed E-state index contributed by atoms with van der Waals surface area (Å²) in [5, 5.41) is 3.59. The molecule has 1 saturated heterocycles. The van der Waals surface area contributed by atoms with Crippen LogP contribution < -0.4 is 15.5 Å². The first-order chi connectivity index (χ1) is 14.4. The second kappa shape index (κ2) is 7.81. The van der Waals surface area contributed by atoms with E-state index in [1.54, 1.807) is 30.5 Å². The molecule has 0 bridgehead atoms. The van der Waals surface area contributed by atoms with Crippen LogP contribution in [0.4, 0.5) is 4.79 Å². The van der Waals surface area contributed by atoms with Crippen LogP contribution in [-0.4, -0.2) is 37.9 Å². The number of imidazole rings is 1. The molecule has 158 valence electrons. The molecule has 4 rings (SSSR count). The minimum Gasteiger partial charge on any atom is -0.486 e. The monoisotopic (exact) mass is 411 g/mol. The van der Waals surface area contributed by atoms with Crippen molar-refractivity contribution in [3.8, 4) is 5.75 Å². The molecule has 2 N–H and O–H groups in total. The number of carbonyl (C=O) groups is 3. The lowest BCUT2D eigenvalue weighted by atomic mass is 9.77. The van der Waals surface area contributed by atoms with Crippen LogP contribution in [0.25, 0.3) is 0 Å². The molecule has 2 aromatic rings. The Labute approximate surface area is 174 Å². The smallest absolute Gasteiger partial charge is 0.344 e. The number of hydrazine groups is 1. The highest BCUT2D eigenvalue weighted by Gasteiger charge is 2.52. The molecule has 4 amide bonds. The summed E-state index contributed by atoms with van der Waals surface area (Å²) in [7, 11) is 1.88. The van der Waals surface area contributed by atoms with E-state index in [1.807, 2.05) is 17.8 Å². The van der Waals surface area contributed by atoms with E-state index in [-0.39, 0.29) is 5.91 Å². The Morgan fingerprint density at radius 2 is 1.97 bits per heavy atom. The van der Waals surface area contributed by atoms with E-state index in [0.717, 1.165) is 23.7 Å². The number of hydrogen-bond donors (Lipinski definition) is 2. The Morgan fingerprint density at radius 3 is 2.60 bits per heavy atom. The van der Waals surface area contributed by atoms with Gasteiger partial charge in [0, 0.05) is 25.0 Å². The third-order valence-electron chi connectivity index (χ3n) is 5.91. The molecule has 1 aromatic carbocycles. The molecular formula is C21H25N5O4. The Kier molecular flexibility index (Phi) is 5.19. The number of aromatic nitrogens is 2. The zero-order valence-electron chi connectivity index (χ0n) is 17.1. The fourth-order valence-electron chi connectivity index (χ4n) is 3.87. The normalized spacial score (nSPS) is 23.5. The number of nitrogens with zero attached hydrogens (tertiary/aromatic N) is 3. The van der Waals surface area contributed by atoms with Crippen LogP contribution in [0, 0.1) is 5.92 Å². The van der Waals surface area contributed by atoms with E-state index in [4.69, 9.17) is 4.74 Å². The number of nitrogens with one attached hydrogen (secondary N) is 2. The van der Waals surface area contributed by atoms with Gasteiger partial charge in [-0.05, 0) is 55.9 Å². The van der Waals surface area contributed by atoms with Crippen LogP contribution in [0.2, 0.25) is 0 Å². The van der Waals surface area contributed by atoms with E-state index in [1.165, 1.54) is 0 Å². The van der Waals surface area contributed by atoms with E-state index in [2.05, 4.69) is 22.7 Å². The molecule has 1 aliphatic heterocycles. The van der Waals surface area contributed by atoms with Gasteiger partial charge in [-0.25, -0.2) is 9.78 Å². The van der Waals surface area contributed by atoms with Gasteiger partial charge in [-0.3, -0.25) is 15.0 Å². The first-order valence-electron chi connectivity index (χ1n) is 10.0. The summed E-state index contributed by atoms with van der Waals surface area (Å²) in [5.74, 6) is 0.974. The van der Waals surface area contributed by atoms with Crippen molar-refractivity contribution in [2.24, 2.45) is 13.0 Å². The van der Waals surface area contributed by atoms with Crippen molar-refractivity contribution < 1.29 is 19.1 Å². The third-order valence-corrected chi connectivity index (χ3v) is 5.91. The van der Waals surface area contributed by atoms with Crippen molar-refractivity contribution in [3.05, 3.63) is 48.0 Å². The lowest BCUT2D eigenvalue weighted by molar-refractivity contribution is -0.134. The van der Waals surface area contributed by atoms with Crippen molar-refractivity contribution in [1.82, 2.24) is 25.3 Å². The first-order valence-corrected chi connectivity index (χ1v) is 10.0. The van der Waals surface area contributed by atoms with Crippen molar-refractivity contribution in [3.63, 3.8) is 0 Å². The minimum atomic E-state index is -0.889. The quantitative estimate of drug-likeness (QED) is 0.734. The average Bonchev–Trinajstić information content (AvgIpc) is 3.25. The molecule has 0 radical (unpaired) electrons. The molecule has 1 aliphatic carbocycles. The maximum absolute atomic E-state index is 12.8. The summed E-state index contributed by atoms with van der Waals surface area (Å²) in [6.07, 6.45) is 6.45. The van der Waals surface area contributed by atoms with Crippen molar-refractivity contribution in [2.75, 3.05) is 0 Å². The van der Waals surface area contributed by atoms with Crippen LogP contribution in [0.15, 0.2) is 36.7 Å². The van der Waals surface area contributed by atoms with Gasteiger partial charge in [0.1, 0.15) is 23.7 Å². The van der Waals surface area contributed by atoms with E-state index in [9.17, 15) is 14.4 Å². The Hall–Kier alpha value is -3.36. The van der Waals surface area contributed by atoms with Gasteiger partial charge in [0.2, 0.25) is 0 Å². The highest BCUT2D eigenvalue weighted by atomic mass is 16.5. The summed E-state index contributed by atoms with van der Waals surface area (Å²) < 4.78 is 7.53. The summed E-state index contributed by atoms with van der Waals surface area (Å²) >= 11 is 0. The van der Waals surface area contributed by atoms with Gasteiger partial charge in [0.05, 0.1) is 0 Å². The molecule has 2 heterocycles. The third kappa shape index (κ3) is 3.74. The number of benzene rings is 1. The van der Waals surface area contributed by atoms with E-state index < -0.39 is 17.5 Å². The molecular weight excluding hydrogens is 386 g/mol. The summed E-state index contributed by atoms with van der Waals surface area (Å²) in [5.41, 5.74) is 1.87. The molecule has 9 nitrogen and oxygen atoms in total. The highest BCUT2D eigenvalue weighted by molar-refractivity contribution is 6.09. The zero-order chi connectivity index (χ0) is 21.3. The second-order valence-electron chi connectivity index (χ2n) is 8.04. The Bertz CT molecular complexity index is 960. The summed E-state index contributed by atoms with van der Waals surface area (Å²) in [6.45, 7) is 2.44. The highest BCUT2D eigenvalue weighted by Crippen LogP contribution is 2.35. The minimum absolute atomic E-state index is 0.304. The first kappa shape index (κ1) is 19.9. The largest absolute Gasteiger partial charge is 0.486 e. The fourth-order valence-corrected chi connectivity index (χ4v) is 3.87. The van der Waals surface area contributed by atoms with Gasteiger partial charge in [0.15, 0.2) is 0 Å². The Morgan fingerprint density at radius 1 is 1.27 bits per heavy atom. The van der Waals surface area contributed by atoms with Gasteiger partial charge in [-0.2, -0.15) is 5.01 Å². The second-order valence-corrected chi connectivity index (χ2v) is 8.04. The van der Waals surface area contributed by atoms with Crippen LogP contribution in [0.1, 0.15) is 48.8 Å². The number of hydrogen-bond acceptors (Lipinski definition) is 5. The van der Waals surface area contributed by atoms with Crippen LogP contribution in [-0.2, 0) is 18.4 Å². The van der Waals surface area contributed by atoms with Crippen molar-refractivity contribution in [2.45, 2.75) is 44.8 Å². The molecule has 0 unspecified atom stereocenters. The fraction of sp³-hybridized carbons (Fsp3) is 0.429. The van der Waals surface area contributed by atoms with Gasteiger partial charge in [-0.15, -0.1) is 0 Å². The number of amides is 4. The topological polar surface area (TPSA) is 106 Å². The van der Waals surface area contributed by atoms with E-state index in [0.29, 0.717) is 36.7 Å². The Balaban J connectivity index is 1.37. The molecule has 1 aromatic heterocycles. The van der Waals surface area contributed by atoms with Crippen molar-refractivity contribution >= 4 is 17.8 Å². The summed E-state index contributed by atoms with van der Waals surface area (Å²) in [4.78, 5) is 41.9. The standard InChI is InChI=1S/C21H25N5O4/c1-14-7-9-21(10-8-14)19(28)26(20(29)23-21)24-18(27)15-3-5-16(6-4-15)30-13-17-22-11-12-25(17)2/h3-6,11-12,14H,7-10,13H2,1-2H3,(H,23,29)(H,24,27). The lowest BCUT2D eigenvalue weighted by Crippen LogP contribution is -2.51. The number of imide groups is 1. The maximum atomic E-state index is 12.8. The number of ether oxygens (including phenoxy) is 1. The van der Waals surface area contributed by atoms with Gasteiger partial charge in [-0.1, -0.05) is 6.92 Å². The SMILES string of the molecule is CC1CCC2(CC1)NC(=O)N(NC(=O)c1ccc(OCc3nccn3C)cc1)C2=O. The predicted molar refractivity (Wildman–Crippen MR) is 107 cm³/mol. The molecule has 1 saturated carbocycles. The van der Waals surface area contributed by atoms with E-state index >= 15 is 0 Å². The number of aryl methyl sites for hydroxylation is 1. The summed E-state index contributed by atoms with van der Waals surface area (Å²) in [6, 6.07) is 5.90. The van der Waals surface area contributed by atoms with Crippen molar-refractivity contribution in [1.29, 1.82) is 0 Å². The maximum Gasteiger partial charge on any atom is 0.344 e. The average molecular weight is 411 g/mol. The van der Waals surface area contributed by atoms with Gasteiger partial charge >= 0.3 is 6.03 Å². The molecule has 0 atom stereocenters. The van der Waals surface area contributed by atoms with Crippen LogP contribution in [0.3, 0.4) is 0 Å². The van der Waals surface area contributed by atoms with Gasteiger partial charge in [0.25, 0.3) is 11.8 Å². The number of carbonyl (C=O) groups excluding carboxylic acids is 3. The van der Waals surface area contributed by atoms with Crippen LogP contribution >= 0.6 is 0 Å². The molecule has 9 heteroatoms. The molecule has 30 heavy (non-hydrogen) atoms. The molecule has 2 fully saturated rings. The zero-order valence-corrected chi connectivity index (χ0v) is 17.1. The molecule has 2 aliphatic rings. The van der Waals surface area contributed by atoms with Crippen LogP contribution in [0.5, 0.6) is 5.75 Å². The number of urea groups is 1. The number of rotatable bonds is 5. The lowest BCUT2D eigenvalue weighted by Gasteiger charge is -2.33. The van der Waals surface area contributed by atoms with Gasteiger partial charge < -0.3 is 14.6 Å². The predicted octanol–water partition coefficient (Wildman–Crippen LogP) is 2.14. The molecule has 1 spiro atoms.